The van der Waals surface area contributed by atoms with E-state index in [4.69, 9.17) is 15.2 Å². The second-order valence-corrected chi connectivity index (χ2v) is 6.20. The summed E-state index contributed by atoms with van der Waals surface area (Å²) >= 11 is 0. The molecule has 1 heterocycles. The highest BCUT2D eigenvalue weighted by Gasteiger charge is 2.29. The molecule has 1 aromatic rings. The van der Waals surface area contributed by atoms with Crippen LogP contribution >= 0.6 is 24.8 Å². The van der Waals surface area contributed by atoms with Crippen molar-refractivity contribution in [1.82, 2.24) is 5.32 Å². The molecule has 24 heavy (non-hydrogen) atoms. The molecule has 1 saturated heterocycles. The van der Waals surface area contributed by atoms with Crippen LogP contribution in [0, 0.1) is 0 Å². The third-order valence-corrected chi connectivity index (χ3v) is 3.81. The van der Waals surface area contributed by atoms with Crippen LogP contribution in [-0.2, 0) is 4.79 Å². The summed E-state index contributed by atoms with van der Waals surface area (Å²) in [6.07, 6.45) is 0.890. The summed E-state index contributed by atoms with van der Waals surface area (Å²) in [4.78, 5) is 14.2. The van der Waals surface area contributed by atoms with Gasteiger partial charge in [-0.25, -0.2) is 0 Å². The molecule has 6 nitrogen and oxygen atoms in total. The first-order chi connectivity index (χ1) is 10.3. The minimum absolute atomic E-state index is 0. The van der Waals surface area contributed by atoms with E-state index in [0.29, 0.717) is 0 Å². The van der Waals surface area contributed by atoms with Crippen molar-refractivity contribution in [3.05, 3.63) is 18.2 Å². The number of nitrogens with zero attached hydrogens (tertiary/aromatic N) is 1. The van der Waals surface area contributed by atoms with Crippen molar-refractivity contribution >= 4 is 36.4 Å². The predicted octanol–water partition coefficient (Wildman–Crippen LogP) is 1.98. The van der Waals surface area contributed by atoms with Crippen LogP contribution in [0.15, 0.2) is 18.2 Å². The summed E-state index contributed by atoms with van der Waals surface area (Å²) in [5.74, 6) is 1.39. The van der Waals surface area contributed by atoms with Gasteiger partial charge in [0, 0.05) is 43.0 Å². The standard InChI is InChI=1S/C16H25N3O3.2ClH/c1-16(2,17)15(20)18-11-5-6-19(10-11)12-7-13(21-3)9-14(8-12)22-4;;/h7-9,11H,5-6,10,17H2,1-4H3,(H,18,20);2*1H. The molecule has 0 radical (unpaired) electrons. The lowest BCUT2D eigenvalue weighted by Crippen LogP contribution is -2.52. The fraction of sp³-hybridized carbons (Fsp3) is 0.562. The minimum atomic E-state index is -0.855. The van der Waals surface area contributed by atoms with E-state index in [0.717, 1.165) is 36.7 Å². The van der Waals surface area contributed by atoms with Crippen LogP contribution in [0.4, 0.5) is 5.69 Å². The Morgan fingerprint density at radius 3 is 2.21 bits per heavy atom. The quantitative estimate of drug-likeness (QED) is 0.817. The molecular formula is C16H27Cl2N3O3. The lowest BCUT2D eigenvalue weighted by Gasteiger charge is -2.23. The summed E-state index contributed by atoms with van der Waals surface area (Å²) in [7, 11) is 3.27. The zero-order valence-electron chi connectivity index (χ0n) is 14.5. The molecule has 1 aliphatic heterocycles. The molecule has 1 aromatic carbocycles. The van der Waals surface area contributed by atoms with Crippen LogP contribution in [0.1, 0.15) is 20.3 Å². The molecular weight excluding hydrogens is 353 g/mol. The van der Waals surface area contributed by atoms with Crippen molar-refractivity contribution in [2.45, 2.75) is 31.8 Å². The first-order valence-corrected chi connectivity index (χ1v) is 7.41. The van der Waals surface area contributed by atoms with E-state index in [1.54, 1.807) is 28.1 Å². The Bertz CT molecular complexity index is 528. The molecule has 8 heteroatoms. The number of hydrogen-bond acceptors (Lipinski definition) is 5. The van der Waals surface area contributed by atoms with Crippen molar-refractivity contribution in [2.75, 3.05) is 32.2 Å². The summed E-state index contributed by atoms with van der Waals surface area (Å²) in [5, 5.41) is 3.01. The zero-order chi connectivity index (χ0) is 16.3. The van der Waals surface area contributed by atoms with Gasteiger partial charge in [-0.3, -0.25) is 4.79 Å². The Morgan fingerprint density at radius 2 is 1.75 bits per heavy atom. The summed E-state index contributed by atoms with van der Waals surface area (Å²) in [5.41, 5.74) is 5.99. The average molecular weight is 380 g/mol. The minimum Gasteiger partial charge on any atom is -0.497 e. The molecule has 0 spiro atoms. The molecule has 0 saturated carbocycles. The number of hydrogen-bond donors (Lipinski definition) is 2. The molecule has 1 aliphatic rings. The van der Waals surface area contributed by atoms with Gasteiger partial charge in [-0.05, 0) is 20.3 Å². The fourth-order valence-corrected chi connectivity index (χ4v) is 2.46. The van der Waals surface area contributed by atoms with E-state index in [-0.39, 0.29) is 36.8 Å². The van der Waals surface area contributed by atoms with E-state index in [9.17, 15) is 4.79 Å². The molecule has 3 N–H and O–H groups in total. The van der Waals surface area contributed by atoms with Crippen LogP contribution < -0.4 is 25.4 Å². The van der Waals surface area contributed by atoms with Gasteiger partial charge >= 0.3 is 0 Å². The van der Waals surface area contributed by atoms with Crippen molar-refractivity contribution in [2.24, 2.45) is 5.73 Å². The maximum atomic E-state index is 12.0. The number of methoxy groups -OCH3 is 2. The first-order valence-electron chi connectivity index (χ1n) is 7.41. The smallest absolute Gasteiger partial charge is 0.239 e. The van der Waals surface area contributed by atoms with Gasteiger partial charge in [-0.2, -0.15) is 0 Å². The summed E-state index contributed by atoms with van der Waals surface area (Å²) in [6.45, 7) is 5.04. The monoisotopic (exact) mass is 379 g/mol. The molecule has 1 unspecified atom stereocenters. The third kappa shape index (κ3) is 5.61. The highest BCUT2D eigenvalue weighted by Crippen LogP contribution is 2.30. The third-order valence-electron chi connectivity index (χ3n) is 3.81. The van der Waals surface area contributed by atoms with Crippen LogP contribution in [0.2, 0.25) is 0 Å². The van der Waals surface area contributed by atoms with E-state index < -0.39 is 5.54 Å². The lowest BCUT2D eigenvalue weighted by atomic mass is 10.1. The van der Waals surface area contributed by atoms with E-state index in [1.165, 1.54) is 0 Å². The molecule has 1 amide bonds. The second-order valence-electron chi connectivity index (χ2n) is 6.20. The van der Waals surface area contributed by atoms with Gasteiger partial charge in [0.05, 0.1) is 19.8 Å². The molecule has 0 bridgehead atoms. The maximum Gasteiger partial charge on any atom is 0.239 e. The Morgan fingerprint density at radius 1 is 1.21 bits per heavy atom. The predicted molar refractivity (Wildman–Crippen MR) is 101 cm³/mol. The lowest BCUT2D eigenvalue weighted by molar-refractivity contribution is -0.125. The van der Waals surface area contributed by atoms with Gasteiger partial charge < -0.3 is 25.4 Å². The van der Waals surface area contributed by atoms with Gasteiger partial charge in [0.25, 0.3) is 0 Å². The number of nitrogens with two attached hydrogens (primary N) is 1. The number of carbonyl (C=O) groups is 1. The van der Waals surface area contributed by atoms with Gasteiger partial charge in [0.1, 0.15) is 11.5 Å². The zero-order valence-corrected chi connectivity index (χ0v) is 16.1. The van der Waals surface area contributed by atoms with E-state index in [2.05, 4.69) is 10.2 Å². The van der Waals surface area contributed by atoms with Gasteiger partial charge in [-0.15, -0.1) is 24.8 Å². The Kier molecular flexibility index (Phi) is 8.68. The fourth-order valence-electron chi connectivity index (χ4n) is 2.46. The number of halogens is 2. The Balaban J connectivity index is 0.00000264. The topological polar surface area (TPSA) is 76.8 Å². The van der Waals surface area contributed by atoms with Crippen LogP contribution in [0.25, 0.3) is 0 Å². The second kappa shape index (κ2) is 9.20. The van der Waals surface area contributed by atoms with Gasteiger partial charge in [0.2, 0.25) is 5.91 Å². The molecule has 0 aliphatic carbocycles. The normalized spacial score (nSPS) is 16.7. The number of amides is 1. The van der Waals surface area contributed by atoms with Crippen LogP contribution in [-0.4, -0.2) is 44.8 Å². The summed E-state index contributed by atoms with van der Waals surface area (Å²) < 4.78 is 10.6. The molecule has 2 rings (SSSR count). The summed E-state index contributed by atoms with van der Waals surface area (Å²) in [6, 6.07) is 5.89. The highest BCUT2D eigenvalue weighted by molar-refractivity contribution is 5.86. The molecule has 1 atom stereocenters. The van der Waals surface area contributed by atoms with Crippen molar-refractivity contribution in [1.29, 1.82) is 0 Å². The average Bonchev–Trinajstić information content (AvgIpc) is 2.94. The number of carbonyl (C=O) groups excluding carboxylic acids is 1. The number of benzene rings is 1. The maximum absolute atomic E-state index is 12.0. The van der Waals surface area contributed by atoms with Crippen molar-refractivity contribution in [3.8, 4) is 11.5 Å². The van der Waals surface area contributed by atoms with Gasteiger partial charge in [0.15, 0.2) is 0 Å². The van der Waals surface area contributed by atoms with Crippen molar-refractivity contribution < 1.29 is 14.3 Å². The molecule has 0 aromatic heterocycles. The van der Waals surface area contributed by atoms with Crippen LogP contribution in [0.5, 0.6) is 11.5 Å². The SMILES string of the molecule is COc1cc(OC)cc(N2CCC(NC(=O)C(C)(C)N)C2)c1.Cl.Cl. The molecule has 1 fully saturated rings. The Labute approximate surface area is 155 Å². The largest absolute Gasteiger partial charge is 0.497 e. The number of anilines is 1. The number of nitrogens with one attached hydrogen (secondary N) is 1. The van der Waals surface area contributed by atoms with E-state index >= 15 is 0 Å². The highest BCUT2D eigenvalue weighted by atomic mass is 35.5. The van der Waals surface area contributed by atoms with E-state index in [1.807, 2.05) is 18.2 Å². The number of rotatable bonds is 5. The number of ether oxygens (including phenoxy) is 2. The van der Waals surface area contributed by atoms with Crippen molar-refractivity contribution in [3.63, 3.8) is 0 Å². The van der Waals surface area contributed by atoms with Crippen LogP contribution in [0.3, 0.4) is 0 Å². The Hall–Kier alpha value is -1.37. The first kappa shape index (κ1) is 22.6. The molecule has 138 valence electrons. The van der Waals surface area contributed by atoms with Gasteiger partial charge in [-0.1, -0.05) is 0 Å².